The lowest BCUT2D eigenvalue weighted by Gasteiger charge is -2.42. The molecule has 1 fully saturated rings. The van der Waals surface area contributed by atoms with Crippen LogP contribution in [0, 0.1) is 0 Å². The molecule has 49 heavy (non-hydrogen) atoms. The van der Waals surface area contributed by atoms with Crippen LogP contribution in [-0.2, 0) is 15.9 Å². The molecule has 3 aromatic rings. The molecule has 2 aliphatic carbocycles. The van der Waals surface area contributed by atoms with Crippen molar-refractivity contribution in [2.24, 2.45) is 10.8 Å². The van der Waals surface area contributed by atoms with Crippen molar-refractivity contribution in [1.82, 2.24) is 5.43 Å². The number of phenols is 2. The zero-order chi connectivity index (χ0) is 35.4. The van der Waals surface area contributed by atoms with E-state index in [4.69, 9.17) is 24.7 Å². The summed E-state index contributed by atoms with van der Waals surface area (Å²) in [5, 5.41) is 50.1. The number of nitrogens with zero attached hydrogens (tertiary/aromatic N) is 1. The Hall–Kier alpha value is -4.86. The highest BCUT2D eigenvalue weighted by atomic mass is 16.7. The fourth-order valence-corrected chi connectivity index (χ4v) is 6.71. The summed E-state index contributed by atoms with van der Waals surface area (Å²) < 4.78 is 22.6. The summed E-state index contributed by atoms with van der Waals surface area (Å²) in [5.41, 5.74) is 5.89. The van der Waals surface area contributed by atoms with E-state index in [2.05, 4.69) is 10.5 Å². The van der Waals surface area contributed by atoms with Gasteiger partial charge in [0.1, 0.15) is 28.6 Å². The zero-order valence-corrected chi connectivity index (χ0v) is 27.2. The van der Waals surface area contributed by atoms with Crippen LogP contribution in [-0.4, -0.2) is 88.0 Å². The van der Waals surface area contributed by atoms with Crippen LogP contribution >= 0.6 is 0 Å². The van der Waals surface area contributed by atoms with Gasteiger partial charge in [0, 0.05) is 47.6 Å². The molecule has 0 saturated carbocycles. The third-order valence-electron chi connectivity index (χ3n) is 9.49. The van der Waals surface area contributed by atoms with Gasteiger partial charge < -0.3 is 45.1 Å². The SMILES string of the molecule is COc1ccc(C(=O)NN=C(C)[C@]2(O)Cc3c(O)c4c(c(O)c3[C@@H](OC3CC(N)C(O)C(C)O3)C2)C(=O)c2c(OC)cccc2C4=O)cc1. The average Bonchev–Trinajstić information content (AvgIpc) is 3.09. The Balaban J connectivity index is 1.43. The van der Waals surface area contributed by atoms with Crippen molar-refractivity contribution in [1.29, 1.82) is 0 Å². The molecule has 0 bridgehead atoms. The minimum absolute atomic E-state index is 0.0211. The summed E-state index contributed by atoms with van der Waals surface area (Å²) in [6.45, 7) is 3.08. The molecule has 7 N–H and O–H groups in total. The van der Waals surface area contributed by atoms with E-state index in [1.807, 2.05) is 0 Å². The minimum atomic E-state index is -1.91. The van der Waals surface area contributed by atoms with Gasteiger partial charge in [-0.25, -0.2) is 5.43 Å². The Kier molecular flexibility index (Phi) is 8.94. The first-order valence-electron chi connectivity index (χ1n) is 15.6. The molecule has 14 nitrogen and oxygen atoms in total. The van der Waals surface area contributed by atoms with Crippen LogP contribution in [0.4, 0.5) is 0 Å². The molecule has 0 radical (unpaired) electrons. The Labute approximate surface area is 281 Å². The highest BCUT2D eigenvalue weighted by Crippen LogP contribution is 2.52. The van der Waals surface area contributed by atoms with E-state index in [9.17, 15) is 34.8 Å². The maximum Gasteiger partial charge on any atom is 0.271 e. The molecule has 1 heterocycles. The van der Waals surface area contributed by atoms with Crippen LogP contribution in [0.25, 0.3) is 0 Å². The second-order valence-electron chi connectivity index (χ2n) is 12.4. The third-order valence-corrected chi connectivity index (χ3v) is 9.49. The highest BCUT2D eigenvalue weighted by Gasteiger charge is 2.49. The van der Waals surface area contributed by atoms with Crippen molar-refractivity contribution in [3.8, 4) is 23.0 Å². The first-order valence-corrected chi connectivity index (χ1v) is 15.6. The van der Waals surface area contributed by atoms with Gasteiger partial charge in [-0.15, -0.1) is 0 Å². The lowest BCUT2D eigenvalue weighted by atomic mass is 9.71. The predicted octanol–water partition coefficient (Wildman–Crippen LogP) is 2.25. The van der Waals surface area contributed by atoms with Gasteiger partial charge in [-0.2, -0.15) is 5.10 Å². The minimum Gasteiger partial charge on any atom is -0.507 e. The molecule has 6 atom stereocenters. The van der Waals surface area contributed by atoms with Crippen LogP contribution in [0.2, 0.25) is 0 Å². The Bertz CT molecular complexity index is 1860. The molecule has 258 valence electrons. The summed E-state index contributed by atoms with van der Waals surface area (Å²) in [6, 6.07) is 10.0. The molecular formula is C35H37N3O11. The quantitative estimate of drug-likeness (QED) is 0.0944. The Morgan fingerprint density at radius 3 is 2.37 bits per heavy atom. The van der Waals surface area contributed by atoms with E-state index in [0.717, 1.165) is 0 Å². The first kappa shape index (κ1) is 34.0. The predicted molar refractivity (Wildman–Crippen MR) is 173 cm³/mol. The van der Waals surface area contributed by atoms with E-state index in [1.54, 1.807) is 19.1 Å². The van der Waals surface area contributed by atoms with Crippen LogP contribution < -0.4 is 20.6 Å². The van der Waals surface area contributed by atoms with Gasteiger partial charge in [0.05, 0.1) is 54.9 Å². The number of hydrazone groups is 1. The Morgan fingerprint density at radius 2 is 1.71 bits per heavy atom. The number of fused-ring (bicyclic) bond motifs is 3. The maximum absolute atomic E-state index is 13.9. The molecule has 6 rings (SSSR count). The second-order valence-corrected chi connectivity index (χ2v) is 12.4. The van der Waals surface area contributed by atoms with Crippen molar-refractivity contribution in [2.75, 3.05) is 14.2 Å². The normalized spacial score (nSPS) is 26.3. The van der Waals surface area contributed by atoms with Crippen molar-refractivity contribution < 1.29 is 53.8 Å². The number of aliphatic hydroxyl groups is 2. The maximum atomic E-state index is 13.9. The fraction of sp³-hybridized carbons (Fsp3) is 0.371. The highest BCUT2D eigenvalue weighted by molar-refractivity contribution is 6.31. The van der Waals surface area contributed by atoms with Gasteiger partial charge in [-0.05, 0) is 44.2 Å². The number of ketones is 2. The van der Waals surface area contributed by atoms with Crippen LogP contribution in [0.3, 0.4) is 0 Å². The summed E-state index contributed by atoms with van der Waals surface area (Å²) in [4.78, 5) is 40.6. The summed E-state index contributed by atoms with van der Waals surface area (Å²) in [7, 11) is 2.84. The van der Waals surface area contributed by atoms with E-state index in [1.165, 1.54) is 51.5 Å². The van der Waals surface area contributed by atoms with Crippen molar-refractivity contribution in [3.05, 3.63) is 81.4 Å². The summed E-state index contributed by atoms with van der Waals surface area (Å²) in [5.74, 6) is -2.62. The van der Waals surface area contributed by atoms with Gasteiger partial charge in [0.2, 0.25) is 5.78 Å². The topological polar surface area (TPSA) is 219 Å². The van der Waals surface area contributed by atoms with Gasteiger partial charge in [-0.3, -0.25) is 14.4 Å². The molecule has 1 amide bonds. The lowest BCUT2D eigenvalue weighted by Crippen LogP contribution is -2.52. The number of carbonyl (C=O) groups is 3. The molecule has 4 unspecified atom stereocenters. The third kappa shape index (κ3) is 5.81. The van der Waals surface area contributed by atoms with Gasteiger partial charge in [-0.1, -0.05) is 12.1 Å². The van der Waals surface area contributed by atoms with Crippen molar-refractivity contribution >= 4 is 23.2 Å². The number of phenolic OH excluding ortho intramolecular Hbond substituents is 2. The van der Waals surface area contributed by atoms with Crippen LogP contribution in [0.5, 0.6) is 23.0 Å². The van der Waals surface area contributed by atoms with Gasteiger partial charge >= 0.3 is 0 Å². The van der Waals surface area contributed by atoms with E-state index in [0.29, 0.717) is 5.75 Å². The number of aromatic hydroxyl groups is 2. The molecule has 14 heteroatoms. The molecular weight excluding hydrogens is 638 g/mol. The molecule has 1 aliphatic heterocycles. The molecule has 3 aromatic carbocycles. The van der Waals surface area contributed by atoms with Crippen LogP contribution in [0.1, 0.15) is 86.1 Å². The number of nitrogens with one attached hydrogen (secondary N) is 1. The lowest BCUT2D eigenvalue weighted by molar-refractivity contribution is -0.245. The number of hydrogen-bond acceptors (Lipinski definition) is 13. The zero-order valence-electron chi connectivity index (χ0n) is 27.2. The largest absolute Gasteiger partial charge is 0.507 e. The monoisotopic (exact) mass is 675 g/mol. The number of carbonyl (C=O) groups excluding carboxylic acids is 3. The second kappa shape index (κ2) is 12.9. The van der Waals surface area contributed by atoms with Crippen LogP contribution in [0.15, 0.2) is 47.6 Å². The number of amides is 1. The fourth-order valence-electron chi connectivity index (χ4n) is 6.71. The van der Waals surface area contributed by atoms with E-state index in [-0.39, 0.29) is 58.5 Å². The van der Waals surface area contributed by atoms with E-state index >= 15 is 0 Å². The molecule has 3 aliphatic rings. The standard InChI is InChI=1S/C35H37N3O11/c1-15-29(39)21(36)12-24(48-15)49-23-14-35(45,16(2)37-38-34(44)17-8-10-18(46-3)11-9-17)13-20-26(23)33(43)28-27(31(20)41)30(40)19-6-5-7-22(47-4)25(19)32(28)42/h5-11,15,21,23-24,29,39,41,43,45H,12-14,36H2,1-4H3,(H,38,44)/t15?,21?,23-,24?,29?,35-/m0/s1. The number of aliphatic hydroxyl groups excluding tert-OH is 1. The van der Waals surface area contributed by atoms with Gasteiger partial charge in [0.15, 0.2) is 12.1 Å². The summed E-state index contributed by atoms with van der Waals surface area (Å²) >= 11 is 0. The number of nitrogens with two attached hydrogens (primary N) is 1. The number of benzene rings is 3. The number of methoxy groups -OCH3 is 2. The summed E-state index contributed by atoms with van der Waals surface area (Å²) in [6.07, 6.45) is -4.60. The molecule has 0 spiro atoms. The number of rotatable bonds is 7. The van der Waals surface area contributed by atoms with E-state index < -0.39 is 76.3 Å². The number of ether oxygens (including phenoxy) is 4. The number of hydrogen-bond donors (Lipinski definition) is 6. The first-order chi connectivity index (χ1) is 23.3. The molecule has 1 saturated heterocycles. The Morgan fingerprint density at radius 1 is 1.02 bits per heavy atom. The van der Waals surface area contributed by atoms with Crippen molar-refractivity contribution in [3.63, 3.8) is 0 Å². The smallest absolute Gasteiger partial charge is 0.271 e. The van der Waals surface area contributed by atoms with Gasteiger partial charge in [0.25, 0.3) is 5.91 Å². The average molecular weight is 676 g/mol. The molecule has 0 aromatic heterocycles. The van der Waals surface area contributed by atoms with Crippen molar-refractivity contribution in [2.45, 2.75) is 69.4 Å².